The molecule has 1 amide bonds. The molecular weight excluding hydrogens is 276 g/mol. The van der Waals surface area contributed by atoms with E-state index in [1.165, 1.54) is 6.08 Å². The van der Waals surface area contributed by atoms with Gasteiger partial charge in [0, 0.05) is 17.8 Å². The van der Waals surface area contributed by atoms with Crippen LogP contribution in [0.3, 0.4) is 0 Å². The fraction of sp³-hybridized carbons (Fsp3) is 0.111. The normalized spacial score (nSPS) is 11.2. The first-order chi connectivity index (χ1) is 10.6. The van der Waals surface area contributed by atoms with E-state index in [2.05, 4.69) is 16.4 Å². The van der Waals surface area contributed by atoms with Gasteiger partial charge in [-0.15, -0.1) is 0 Å². The monoisotopic (exact) mass is 292 g/mol. The van der Waals surface area contributed by atoms with Crippen molar-refractivity contribution in [3.05, 3.63) is 65.6 Å². The van der Waals surface area contributed by atoms with Gasteiger partial charge in [-0.1, -0.05) is 18.2 Å². The first kappa shape index (κ1) is 14.1. The Kier molecular flexibility index (Phi) is 3.74. The van der Waals surface area contributed by atoms with Crippen molar-refractivity contribution in [1.29, 1.82) is 0 Å². The summed E-state index contributed by atoms with van der Waals surface area (Å²) in [7, 11) is 0. The number of amides is 1. The minimum atomic E-state index is -0.216. The van der Waals surface area contributed by atoms with Crippen LogP contribution in [0.1, 0.15) is 17.0 Å². The SMILES string of the molecule is Cc1cc(C)cc(NC(=O)/C=C/c2nc3ccccc3o2)c1. The highest BCUT2D eigenvalue weighted by Gasteiger charge is 2.03. The predicted molar refractivity (Wildman–Crippen MR) is 87.6 cm³/mol. The van der Waals surface area contributed by atoms with Crippen LogP contribution in [-0.4, -0.2) is 10.9 Å². The maximum absolute atomic E-state index is 12.0. The number of nitrogens with zero attached hydrogens (tertiary/aromatic N) is 1. The lowest BCUT2D eigenvalue weighted by Crippen LogP contribution is -2.08. The molecule has 0 bridgehead atoms. The quantitative estimate of drug-likeness (QED) is 0.739. The molecule has 4 heteroatoms. The van der Waals surface area contributed by atoms with E-state index in [1.807, 2.05) is 50.2 Å². The standard InChI is InChI=1S/C18H16N2O2/c1-12-9-13(2)11-14(10-12)19-17(21)7-8-18-20-15-5-3-4-6-16(15)22-18/h3-11H,1-2H3,(H,19,21)/b8-7+. The van der Waals surface area contributed by atoms with Crippen molar-refractivity contribution in [2.45, 2.75) is 13.8 Å². The summed E-state index contributed by atoms with van der Waals surface area (Å²) in [4.78, 5) is 16.2. The second-order valence-corrected chi connectivity index (χ2v) is 5.22. The van der Waals surface area contributed by atoms with Crippen molar-refractivity contribution in [2.24, 2.45) is 0 Å². The lowest BCUT2D eigenvalue weighted by Gasteiger charge is -2.04. The number of aryl methyl sites for hydroxylation is 2. The summed E-state index contributed by atoms with van der Waals surface area (Å²) in [5.74, 6) is 0.198. The molecule has 3 rings (SSSR count). The van der Waals surface area contributed by atoms with E-state index in [0.717, 1.165) is 22.3 Å². The summed E-state index contributed by atoms with van der Waals surface area (Å²) in [5.41, 5.74) is 4.48. The number of anilines is 1. The summed E-state index contributed by atoms with van der Waals surface area (Å²) in [6.07, 6.45) is 2.99. The van der Waals surface area contributed by atoms with E-state index >= 15 is 0 Å². The Morgan fingerprint density at radius 1 is 1.14 bits per heavy atom. The molecule has 0 fully saturated rings. The van der Waals surface area contributed by atoms with E-state index in [1.54, 1.807) is 6.08 Å². The molecule has 0 aliphatic carbocycles. The van der Waals surface area contributed by atoms with E-state index < -0.39 is 0 Å². The molecule has 0 atom stereocenters. The molecule has 1 aromatic heterocycles. The molecule has 2 aromatic carbocycles. The van der Waals surface area contributed by atoms with Crippen LogP contribution < -0.4 is 5.32 Å². The van der Waals surface area contributed by atoms with Gasteiger partial charge in [-0.3, -0.25) is 4.79 Å². The molecule has 0 aliphatic rings. The molecule has 110 valence electrons. The van der Waals surface area contributed by atoms with Crippen LogP contribution in [-0.2, 0) is 4.79 Å². The first-order valence-corrected chi connectivity index (χ1v) is 7.03. The molecule has 1 N–H and O–H groups in total. The fourth-order valence-corrected chi connectivity index (χ4v) is 2.34. The van der Waals surface area contributed by atoms with Gasteiger partial charge >= 0.3 is 0 Å². The van der Waals surface area contributed by atoms with Crippen LogP contribution in [0.4, 0.5) is 5.69 Å². The summed E-state index contributed by atoms with van der Waals surface area (Å²) < 4.78 is 5.53. The lowest BCUT2D eigenvalue weighted by atomic mass is 10.1. The number of hydrogen-bond donors (Lipinski definition) is 1. The van der Waals surface area contributed by atoms with Crippen LogP contribution in [0, 0.1) is 13.8 Å². The topological polar surface area (TPSA) is 55.1 Å². The Bertz CT molecular complexity index is 809. The molecular formula is C18H16N2O2. The number of rotatable bonds is 3. The van der Waals surface area contributed by atoms with Gasteiger partial charge in [0.05, 0.1) is 0 Å². The number of para-hydroxylation sites is 2. The molecule has 0 aliphatic heterocycles. The fourth-order valence-electron chi connectivity index (χ4n) is 2.34. The number of oxazole rings is 1. The van der Waals surface area contributed by atoms with Crippen LogP contribution in [0.5, 0.6) is 0 Å². The molecule has 3 aromatic rings. The highest BCUT2D eigenvalue weighted by Crippen LogP contribution is 2.16. The maximum atomic E-state index is 12.0. The van der Waals surface area contributed by atoms with Crippen LogP contribution in [0.25, 0.3) is 17.2 Å². The average molecular weight is 292 g/mol. The Morgan fingerprint density at radius 3 is 2.59 bits per heavy atom. The van der Waals surface area contributed by atoms with Gasteiger partial charge in [-0.05, 0) is 49.2 Å². The van der Waals surface area contributed by atoms with Crippen molar-refractivity contribution in [2.75, 3.05) is 5.32 Å². The second-order valence-electron chi connectivity index (χ2n) is 5.22. The number of benzene rings is 2. The maximum Gasteiger partial charge on any atom is 0.248 e. The van der Waals surface area contributed by atoms with Gasteiger partial charge in [0.2, 0.25) is 11.8 Å². The van der Waals surface area contributed by atoms with E-state index in [0.29, 0.717) is 11.5 Å². The highest BCUT2D eigenvalue weighted by atomic mass is 16.3. The van der Waals surface area contributed by atoms with Crippen molar-refractivity contribution in [3.63, 3.8) is 0 Å². The van der Waals surface area contributed by atoms with Crippen LogP contribution >= 0.6 is 0 Å². The van der Waals surface area contributed by atoms with Crippen LogP contribution in [0.2, 0.25) is 0 Å². The Hall–Kier alpha value is -2.88. The van der Waals surface area contributed by atoms with Gasteiger partial charge in [0.15, 0.2) is 5.58 Å². The van der Waals surface area contributed by atoms with Crippen molar-refractivity contribution in [3.8, 4) is 0 Å². The first-order valence-electron chi connectivity index (χ1n) is 7.03. The van der Waals surface area contributed by atoms with Gasteiger partial charge in [0.25, 0.3) is 0 Å². The van der Waals surface area contributed by atoms with Crippen LogP contribution in [0.15, 0.2) is 53.0 Å². The smallest absolute Gasteiger partial charge is 0.248 e. The number of aromatic nitrogens is 1. The Balaban J connectivity index is 1.73. The van der Waals surface area contributed by atoms with E-state index in [4.69, 9.17) is 4.42 Å². The van der Waals surface area contributed by atoms with E-state index in [-0.39, 0.29) is 5.91 Å². The van der Waals surface area contributed by atoms with Crippen molar-refractivity contribution < 1.29 is 9.21 Å². The summed E-state index contributed by atoms with van der Waals surface area (Å²) in [6, 6.07) is 13.4. The van der Waals surface area contributed by atoms with Gasteiger partial charge < -0.3 is 9.73 Å². The third-order valence-electron chi connectivity index (χ3n) is 3.18. The van der Waals surface area contributed by atoms with Gasteiger partial charge in [-0.25, -0.2) is 4.98 Å². The van der Waals surface area contributed by atoms with E-state index in [9.17, 15) is 4.79 Å². The third kappa shape index (κ3) is 3.23. The molecule has 1 heterocycles. The molecule has 0 saturated carbocycles. The zero-order valence-corrected chi connectivity index (χ0v) is 12.5. The highest BCUT2D eigenvalue weighted by molar-refractivity contribution is 6.01. The van der Waals surface area contributed by atoms with Crippen molar-refractivity contribution in [1.82, 2.24) is 4.98 Å². The average Bonchev–Trinajstić information content (AvgIpc) is 2.87. The predicted octanol–water partition coefficient (Wildman–Crippen LogP) is 4.10. The zero-order valence-electron chi connectivity index (χ0n) is 12.5. The molecule has 0 saturated heterocycles. The number of hydrogen-bond acceptors (Lipinski definition) is 3. The number of nitrogens with one attached hydrogen (secondary N) is 1. The lowest BCUT2D eigenvalue weighted by molar-refractivity contribution is -0.111. The Labute approximate surface area is 128 Å². The number of fused-ring (bicyclic) bond motifs is 1. The van der Waals surface area contributed by atoms with Gasteiger partial charge in [-0.2, -0.15) is 0 Å². The van der Waals surface area contributed by atoms with Crippen molar-refractivity contribution >= 4 is 28.8 Å². The van der Waals surface area contributed by atoms with Gasteiger partial charge in [0.1, 0.15) is 5.52 Å². The Morgan fingerprint density at radius 2 is 1.86 bits per heavy atom. The largest absolute Gasteiger partial charge is 0.437 e. The number of carbonyl (C=O) groups excluding carboxylic acids is 1. The zero-order chi connectivity index (χ0) is 15.5. The minimum absolute atomic E-state index is 0.216. The molecule has 0 radical (unpaired) electrons. The minimum Gasteiger partial charge on any atom is -0.437 e. The second kappa shape index (κ2) is 5.85. The molecule has 4 nitrogen and oxygen atoms in total. The summed E-state index contributed by atoms with van der Waals surface area (Å²) >= 11 is 0. The summed E-state index contributed by atoms with van der Waals surface area (Å²) in [6.45, 7) is 3.99. The summed E-state index contributed by atoms with van der Waals surface area (Å²) in [5, 5.41) is 2.83. The molecule has 0 unspecified atom stereocenters. The molecule has 22 heavy (non-hydrogen) atoms. The number of carbonyl (C=O) groups is 1. The third-order valence-corrected chi connectivity index (χ3v) is 3.18. The molecule has 0 spiro atoms.